The Kier molecular flexibility index (Phi) is 3.88. The lowest BCUT2D eigenvalue weighted by atomic mass is 10.2. The Hall–Kier alpha value is -0.270. The van der Waals surface area contributed by atoms with Crippen LogP contribution in [0.3, 0.4) is 0 Å². The van der Waals surface area contributed by atoms with Gasteiger partial charge in [0.25, 0.3) is 0 Å². The van der Waals surface area contributed by atoms with E-state index in [2.05, 4.69) is 0 Å². The van der Waals surface area contributed by atoms with Crippen molar-refractivity contribution in [1.29, 1.82) is 0 Å². The van der Waals surface area contributed by atoms with Gasteiger partial charge in [0.05, 0.1) is 0 Å². The van der Waals surface area contributed by atoms with Gasteiger partial charge in [0, 0.05) is 0 Å². The summed E-state index contributed by atoms with van der Waals surface area (Å²) in [4.78, 5) is 0. The van der Waals surface area contributed by atoms with Crippen molar-refractivity contribution in [3.63, 3.8) is 0 Å². The van der Waals surface area contributed by atoms with Crippen LogP contribution in [0.1, 0.15) is 0 Å². The lowest BCUT2D eigenvalue weighted by Crippen LogP contribution is -2.56. The van der Waals surface area contributed by atoms with Crippen LogP contribution in [0.5, 0.6) is 0 Å². The average molecular weight is 270 g/mol. The molecular formula is C4HF10P. The van der Waals surface area contributed by atoms with Crippen molar-refractivity contribution in [3.05, 3.63) is 0 Å². The third-order valence-electron chi connectivity index (χ3n) is 1.28. The monoisotopic (exact) mass is 270 g/mol. The zero-order chi connectivity index (χ0) is 12.7. The maximum absolute atomic E-state index is 12.0. The first-order valence-electron chi connectivity index (χ1n) is 2.92. The summed E-state index contributed by atoms with van der Waals surface area (Å²) in [6.07, 6.45) is -5.17. The Balaban J connectivity index is 5.30. The highest BCUT2D eigenvalue weighted by molar-refractivity contribution is 7.47. The standard InChI is InChI=1S/C4HF10P/c5-1(6)2(7,8)3(9,10)4(11,12)15(13)14/h1H. The second-order valence-corrected chi connectivity index (χ2v) is 3.30. The van der Waals surface area contributed by atoms with Crippen molar-refractivity contribution in [2.24, 2.45) is 0 Å². The van der Waals surface area contributed by atoms with Crippen molar-refractivity contribution >= 4 is 8.54 Å². The fraction of sp³-hybridized carbons (Fsp3) is 1.00. The Morgan fingerprint density at radius 3 is 1.33 bits per heavy atom. The zero-order valence-electron chi connectivity index (χ0n) is 6.30. The molecule has 92 valence electrons. The molecule has 0 saturated carbocycles. The molecular weight excluding hydrogens is 269 g/mol. The first-order chi connectivity index (χ1) is 6.39. The highest BCUT2D eigenvalue weighted by Gasteiger charge is 2.79. The van der Waals surface area contributed by atoms with E-state index >= 15 is 0 Å². The Morgan fingerprint density at radius 2 is 1.13 bits per heavy atom. The summed E-state index contributed by atoms with van der Waals surface area (Å²) in [5, 5.41) is 0. The average Bonchev–Trinajstić information content (AvgIpc) is 2.02. The van der Waals surface area contributed by atoms with E-state index in [-0.39, 0.29) is 0 Å². The lowest BCUT2D eigenvalue weighted by Gasteiger charge is -2.30. The molecule has 0 radical (unpaired) electrons. The molecule has 0 rings (SSSR count). The van der Waals surface area contributed by atoms with Crippen LogP contribution in [-0.4, -0.2) is 23.9 Å². The minimum Gasteiger partial charge on any atom is -0.203 e. The third-order valence-corrected chi connectivity index (χ3v) is 1.99. The van der Waals surface area contributed by atoms with Gasteiger partial charge in [-0.25, -0.2) is 8.78 Å². The van der Waals surface area contributed by atoms with Gasteiger partial charge in [-0.15, -0.1) is 0 Å². The summed E-state index contributed by atoms with van der Waals surface area (Å²) in [5.41, 5.74) is -6.47. The van der Waals surface area contributed by atoms with E-state index in [0.29, 0.717) is 0 Å². The smallest absolute Gasteiger partial charge is 0.203 e. The molecule has 0 bridgehead atoms. The maximum atomic E-state index is 12.0. The molecule has 0 spiro atoms. The molecule has 0 heterocycles. The second-order valence-electron chi connectivity index (χ2n) is 2.27. The topological polar surface area (TPSA) is 0 Å². The molecule has 0 N–H and O–H groups in total. The van der Waals surface area contributed by atoms with E-state index in [1.807, 2.05) is 0 Å². The summed E-state index contributed by atoms with van der Waals surface area (Å²) in [6, 6.07) is 0. The second kappa shape index (κ2) is 3.95. The molecule has 0 nitrogen and oxygen atoms in total. The van der Waals surface area contributed by atoms with E-state index in [1.165, 1.54) is 0 Å². The Morgan fingerprint density at radius 1 is 0.800 bits per heavy atom. The molecule has 0 aromatic rings. The van der Waals surface area contributed by atoms with E-state index in [9.17, 15) is 43.5 Å². The fourth-order valence-electron chi connectivity index (χ4n) is 0.444. The first kappa shape index (κ1) is 14.7. The number of hydrogen-bond acceptors (Lipinski definition) is 0. The van der Waals surface area contributed by atoms with Crippen molar-refractivity contribution in [3.8, 4) is 0 Å². The molecule has 0 aliphatic heterocycles. The molecule has 0 unspecified atom stereocenters. The van der Waals surface area contributed by atoms with E-state index < -0.39 is 32.5 Å². The number of hydrogen-bond donors (Lipinski definition) is 0. The van der Waals surface area contributed by atoms with Gasteiger partial charge in [0.2, 0.25) is 0 Å². The molecule has 0 saturated heterocycles. The summed E-state index contributed by atoms with van der Waals surface area (Å²) in [5.74, 6) is -13.3. The molecule has 0 fully saturated rings. The molecule has 11 heteroatoms. The normalized spacial score (nSPS) is 15.2. The van der Waals surface area contributed by atoms with Crippen LogP contribution < -0.4 is 0 Å². The molecule has 0 aliphatic rings. The summed E-state index contributed by atoms with van der Waals surface area (Å²) >= 11 is 0. The van der Waals surface area contributed by atoms with Gasteiger partial charge in [-0.05, 0) is 0 Å². The van der Waals surface area contributed by atoms with Gasteiger partial charge < -0.3 is 0 Å². The summed E-state index contributed by atoms with van der Waals surface area (Å²) in [7, 11) is -5.82. The van der Waals surface area contributed by atoms with Crippen LogP contribution in [0.2, 0.25) is 0 Å². The summed E-state index contributed by atoms with van der Waals surface area (Å²) in [6.45, 7) is 0. The van der Waals surface area contributed by atoms with Gasteiger partial charge >= 0.3 is 32.5 Å². The SMILES string of the molecule is FC(F)C(F)(F)C(F)(F)C(F)(F)P(F)F. The molecule has 0 aliphatic carbocycles. The van der Waals surface area contributed by atoms with Crippen LogP contribution in [0.15, 0.2) is 0 Å². The quantitative estimate of drug-likeness (QED) is 0.525. The zero-order valence-corrected chi connectivity index (χ0v) is 7.20. The maximum Gasteiger partial charge on any atom is 0.392 e. The Labute approximate surface area is 77.2 Å². The highest BCUT2D eigenvalue weighted by atomic mass is 31.2. The van der Waals surface area contributed by atoms with Crippen LogP contribution in [0.25, 0.3) is 0 Å². The fourth-order valence-corrected chi connectivity index (χ4v) is 0.805. The minimum atomic E-state index is -6.80. The number of halogens is 10. The largest absolute Gasteiger partial charge is 0.392 e. The van der Waals surface area contributed by atoms with Crippen LogP contribution in [0.4, 0.5) is 43.5 Å². The van der Waals surface area contributed by atoms with Crippen molar-refractivity contribution < 1.29 is 43.5 Å². The molecule has 0 amide bonds. The summed E-state index contributed by atoms with van der Waals surface area (Å²) < 4.78 is 117. The Bertz CT molecular complexity index is 199. The van der Waals surface area contributed by atoms with Crippen LogP contribution >= 0.6 is 8.54 Å². The predicted molar refractivity (Wildman–Crippen MR) is 30.0 cm³/mol. The van der Waals surface area contributed by atoms with E-state index in [0.717, 1.165) is 0 Å². The van der Waals surface area contributed by atoms with Crippen LogP contribution in [0, 0.1) is 0 Å². The third kappa shape index (κ3) is 2.14. The van der Waals surface area contributed by atoms with Crippen molar-refractivity contribution in [1.82, 2.24) is 0 Å². The van der Waals surface area contributed by atoms with Crippen molar-refractivity contribution in [2.75, 3.05) is 0 Å². The molecule has 15 heavy (non-hydrogen) atoms. The first-order valence-corrected chi connectivity index (χ1v) is 4.04. The van der Waals surface area contributed by atoms with Gasteiger partial charge in [-0.3, -0.25) is 0 Å². The lowest BCUT2D eigenvalue weighted by molar-refractivity contribution is -0.316. The predicted octanol–water partition coefficient (Wildman–Crippen LogP) is 4.37. The molecule has 0 atom stereocenters. The van der Waals surface area contributed by atoms with Gasteiger partial charge in [0.1, 0.15) is 0 Å². The van der Waals surface area contributed by atoms with Gasteiger partial charge in [-0.2, -0.15) is 34.7 Å². The minimum absolute atomic E-state index is 5.17. The molecule has 0 aromatic carbocycles. The van der Waals surface area contributed by atoms with Crippen LogP contribution in [-0.2, 0) is 0 Å². The van der Waals surface area contributed by atoms with Gasteiger partial charge in [-0.1, -0.05) is 0 Å². The van der Waals surface area contributed by atoms with Crippen molar-refractivity contribution in [2.45, 2.75) is 23.9 Å². The number of rotatable bonds is 4. The number of alkyl halides is 8. The highest BCUT2D eigenvalue weighted by Crippen LogP contribution is 2.65. The molecule has 0 aromatic heterocycles. The van der Waals surface area contributed by atoms with E-state index in [1.54, 1.807) is 0 Å². The van der Waals surface area contributed by atoms with Gasteiger partial charge in [0.15, 0.2) is 0 Å². The van der Waals surface area contributed by atoms with E-state index in [4.69, 9.17) is 0 Å².